The van der Waals surface area contributed by atoms with Crippen molar-refractivity contribution in [2.24, 2.45) is 0 Å². The summed E-state index contributed by atoms with van der Waals surface area (Å²) in [5.41, 5.74) is 2.85. The summed E-state index contributed by atoms with van der Waals surface area (Å²) >= 11 is 0. The average molecular weight is 355 g/mol. The van der Waals surface area contributed by atoms with Crippen molar-refractivity contribution in [2.45, 2.75) is 18.4 Å². The number of hydrogen-bond donors (Lipinski definition) is 2. The number of rotatable bonds is 1. The van der Waals surface area contributed by atoms with Crippen LogP contribution < -0.4 is 15.5 Å². The molecule has 4 nitrogen and oxygen atoms in total. The Morgan fingerprint density at radius 2 is 1.92 bits per heavy atom. The van der Waals surface area contributed by atoms with E-state index in [1.165, 1.54) is 18.2 Å². The molecule has 3 aliphatic rings. The van der Waals surface area contributed by atoms with E-state index in [2.05, 4.69) is 15.5 Å². The van der Waals surface area contributed by atoms with Gasteiger partial charge in [-0.15, -0.1) is 0 Å². The minimum Gasteiger partial charge on any atom is -0.365 e. The molecule has 3 aliphatic heterocycles. The smallest absolute Gasteiger partial charge is 0.253 e. The number of fused-ring (bicyclic) bond motifs is 3. The van der Waals surface area contributed by atoms with Crippen LogP contribution >= 0.6 is 0 Å². The highest BCUT2D eigenvalue weighted by Crippen LogP contribution is 2.47. The maximum Gasteiger partial charge on any atom is 0.253 e. The molecule has 0 bridgehead atoms. The molecule has 5 rings (SSSR count). The standard InChI is InChI=1S/C20H19F2N3O/c21-15-2-1-3-16(22)18(15)11-8-12-14-10-23-5-4-17(14)25-7-6-24-20(26)13(9-11)19(12)25/h1-3,8-9,14,17,23H,4-7,10H2,(H,24,26)/t14-,17-/m1/s1. The van der Waals surface area contributed by atoms with Gasteiger partial charge in [0.2, 0.25) is 0 Å². The van der Waals surface area contributed by atoms with Crippen molar-refractivity contribution < 1.29 is 13.6 Å². The summed E-state index contributed by atoms with van der Waals surface area (Å²) in [6, 6.07) is 7.70. The molecule has 0 saturated carbocycles. The lowest BCUT2D eigenvalue weighted by molar-refractivity contribution is 0.0957. The van der Waals surface area contributed by atoms with Crippen LogP contribution in [0.3, 0.4) is 0 Å². The number of nitrogens with zero attached hydrogens (tertiary/aromatic N) is 1. The van der Waals surface area contributed by atoms with Gasteiger partial charge in [-0.3, -0.25) is 4.79 Å². The van der Waals surface area contributed by atoms with Crippen molar-refractivity contribution in [1.82, 2.24) is 10.6 Å². The van der Waals surface area contributed by atoms with Crippen molar-refractivity contribution in [2.75, 3.05) is 31.1 Å². The number of carbonyl (C=O) groups is 1. The number of halogens is 2. The summed E-state index contributed by atoms with van der Waals surface area (Å²) in [5, 5.41) is 6.33. The molecule has 2 aromatic rings. The third kappa shape index (κ3) is 2.18. The normalized spacial score (nSPS) is 23.9. The monoisotopic (exact) mass is 355 g/mol. The van der Waals surface area contributed by atoms with Crippen LogP contribution in [0.25, 0.3) is 11.1 Å². The fraction of sp³-hybridized carbons (Fsp3) is 0.350. The van der Waals surface area contributed by atoms with Gasteiger partial charge in [0, 0.05) is 31.6 Å². The Kier molecular flexibility index (Phi) is 3.50. The van der Waals surface area contributed by atoms with Crippen LogP contribution in [0, 0.1) is 11.6 Å². The SMILES string of the molecule is O=C1NCCN2c3c1cc(-c1c(F)cccc1F)cc3[C@H]1CNCC[C@H]12. The van der Waals surface area contributed by atoms with Gasteiger partial charge in [0.05, 0.1) is 16.8 Å². The van der Waals surface area contributed by atoms with Crippen LogP contribution in [0.2, 0.25) is 0 Å². The van der Waals surface area contributed by atoms with E-state index in [4.69, 9.17) is 0 Å². The summed E-state index contributed by atoms with van der Waals surface area (Å²) in [6.45, 7) is 3.10. The molecule has 26 heavy (non-hydrogen) atoms. The highest BCUT2D eigenvalue weighted by atomic mass is 19.1. The van der Waals surface area contributed by atoms with Gasteiger partial charge in [0.15, 0.2) is 0 Å². The van der Waals surface area contributed by atoms with Gasteiger partial charge >= 0.3 is 0 Å². The van der Waals surface area contributed by atoms with E-state index >= 15 is 0 Å². The zero-order valence-electron chi connectivity index (χ0n) is 14.2. The number of nitrogens with one attached hydrogen (secondary N) is 2. The van der Waals surface area contributed by atoms with Gasteiger partial charge in [0.1, 0.15) is 11.6 Å². The molecule has 3 heterocycles. The van der Waals surface area contributed by atoms with Crippen molar-refractivity contribution in [3.63, 3.8) is 0 Å². The zero-order valence-corrected chi connectivity index (χ0v) is 14.2. The largest absolute Gasteiger partial charge is 0.365 e. The lowest BCUT2D eigenvalue weighted by Gasteiger charge is -2.33. The van der Waals surface area contributed by atoms with Gasteiger partial charge in [-0.05, 0) is 48.4 Å². The van der Waals surface area contributed by atoms with Crippen molar-refractivity contribution in [3.05, 3.63) is 53.1 Å². The summed E-state index contributed by atoms with van der Waals surface area (Å²) in [5.74, 6) is -1.16. The van der Waals surface area contributed by atoms with Crippen LogP contribution in [0.5, 0.6) is 0 Å². The van der Waals surface area contributed by atoms with Crippen LogP contribution in [-0.2, 0) is 0 Å². The Morgan fingerprint density at radius 1 is 1.12 bits per heavy atom. The highest BCUT2D eigenvalue weighted by Gasteiger charge is 2.43. The maximum atomic E-state index is 14.4. The predicted octanol–water partition coefficient (Wildman–Crippen LogP) is 2.64. The second-order valence-corrected chi connectivity index (χ2v) is 7.17. The first-order valence-corrected chi connectivity index (χ1v) is 9.03. The lowest BCUT2D eigenvalue weighted by atomic mass is 9.87. The Labute approximate surface area is 150 Å². The van der Waals surface area contributed by atoms with Gasteiger partial charge in [-0.2, -0.15) is 0 Å². The van der Waals surface area contributed by atoms with Crippen molar-refractivity contribution >= 4 is 11.6 Å². The molecule has 2 aromatic carbocycles. The molecule has 0 aromatic heterocycles. The summed E-state index contributed by atoms with van der Waals surface area (Å²) in [4.78, 5) is 15.0. The zero-order chi connectivity index (χ0) is 17.8. The van der Waals surface area contributed by atoms with E-state index in [0.29, 0.717) is 23.7 Å². The van der Waals surface area contributed by atoms with Crippen molar-refractivity contribution in [1.29, 1.82) is 0 Å². The van der Waals surface area contributed by atoms with E-state index in [-0.39, 0.29) is 17.4 Å². The number of hydrogen-bond acceptors (Lipinski definition) is 3. The fourth-order valence-corrected chi connectivity index (χ4v) is 4.71. The second kappa shape index (κ2) is 5.77. The van der Waals surface area contributed by atoms with E-state index in [1.54, 1.807) is 6.07 Å². The minimum absolute atomic E-state index is 0.0673. The third-order valence-corrected chi connectivity index (χ3v) is 5.81. The number of carbonyl (C=O) groups excluding carboxylic acids is 1. The Hall–Kier alpha value is -2.47. The maximum absolute atomic E-state index is 14.4. The lowest BCUT2D eigenvalue weighted by Crippen LogP contribution is -2.45. The van der Waals surface area contributed by atoms with Crippen LogP contribution in [0.15, 0.2) is 30.3 Å². The molecule has 134 valence electrons. The summed E-state index contributed by atoms with van der Waals surface area (Å²) in [6.07, 6.45) is 0.996. The molecule has 0 unspecified atom stereocenters. The van der Waals surface area contributed by atoms with Crippen LogP contribution in [-0.4, -0.2) is 38.1 Å². The molecule has 1 fully saturated rings. The van der Waals surface area contributed by atoms with E-state index in [9.17, 15) is 13.6 Å². The molecule has 0 aliphatic carbocycles. The topological polar surface area (TPSA) is 44.4 Å². The van der Waals surface area contributed by atoms with Gasteiger partial charge < -0.3 is 15.5 Å². The second-order valence-electron chi connectivity index (χ2n) is 7.17. The molecular weight excluding hydrogens is 336 g/mol. The number of piperidine rings is 1. The number of amides is 1. The molecule has 0 radical (unpaired) electrons. The van der Waals surface area contributed by atoms with E-state index < -0.39 is 11.6 Å². The van der Waals surface area contributed by atoms with Crippen LogP contribution in [0.1, 0.15) is 28.3 Å². The van der Waals surface area contributed by atoms with Crippen molar-refractivity contribution in [3.8, 4) is 11.1 Å². The Bertz CT molecular complexity index is 894. The predicted molar refractivity (Wildman–Crippen MR) is 95.5 cm³/mol. The molecule has 6 heteroatoms. The first-order chi connectivity index (χ1) is 12.6. The minimum atomic E-state index is -0.612. The molecule has 2 N–H and O–H groups in total. The molecule has 1 saturated heterocycles. The quantitative estimate of drug-likeness (QED) is 0.827. The first-order valence-electron chi connectivity index (χ1n) is 9.03. The highest BCUT2D eigenvalue weighted by molar-refractivity contribution is 6.03. The van der Waals surface area contributed by atoms with E-state index in [0.717, 1.165) is 37.3 Å². The van der Waals surface area contributed by atoms with Gasteiger partial charge in [-0.1, -0.05) is 6.07 Å². The molecule has 1 amide bonds. The number of benzene rings is 2. The Morgan fingerprint density at radius 3 is 2.73 bits per heavy atom. The van der Waals surface area contributed by atoms with Gasteiger partial charge in [-0.25, -0.2) is 8.78 Å². The summed E-state index contributed by atoms with van der Waals surface area (Å²) in [7, 11) is 0. The number of anilines is 1. The molecule has 2 atom stereocenters. The van der Waals surface area contributed by atoms with Crippen LogP contribution in [0.4, 0.5) is 14.5 Å². The molecular formula is C20H19F2N3O. The first kappa shape index (κ1) is 15.8. The third-order valence-electron chi connectivity index (χ3n) is 5.81. The molecule has 0 spiro atoms. The van der Waals surface area contributed by atoms with E-state index in [1.807, 2.05) is 6.07 Å². The fourth-order valence-electron chi connectivity index (χ4n) is 4.71. The van der Waals surface area contributed by atoms with Gasteiger partial charge in [0.25, 0.3) is 5.91 Å². The Balaban J connectivity index is 1.76. The summed E-state index contributed by atoms with van der Waals surface area (Å²) < 4.78 is 28.7. The average Bonchev–Trinajstić information content (AvgIpc) is 2.84.